The molecule has 0 saturated heterocycles. The van der Waals surface area contributed by atoms with Gasteiger partial charge in [-0.2, -0.15) is 31.6 Å². The molecule has 138 valence electrons. The van der Waals surface area contributed by atoms with Crippen LogP contribution in [0.3, 0.4) is 0 Å². The summed E-state index contributed by atoms with van der Waals surface area (Å²) in [6.07, 6.45) is 0. The Kier molecular flexibility index (Phi) is 3.97. The molecule has 0 aliphatic carbocycles. The van der Waals surface area contributed by atoms with Crippen LogP contribution in [0.15, 0.2) is 15.0 Å². The Bertz CT molecular complexity index is 1350. The van der Waals surface area contributed by atoms with Crippen molar-refractivity contribution in [2.45, 2.75) is 18.1 Å². The van der Waals surface area contributed by atoms with Gasteiger partial charge in [0.05, 0.1) is 35.3 Å². The highest BCUT2D eigenvalue weighted by Gasteiger charge is 2.37. The molecule has 0 spiro atoms. The van der Waals surface area contributed by atoms with E-state index in [0.29, 0.717) is 0 Å². The minimum absolute atomic E-state index is 0.105. The molecule has 1 aromatic rings. The number of nitriles is 6. The lowest BCUT2D eigenvalue weighted by Crippen LogP contribution is -2.35. The molecule has 0 radical (unpaired) electrons. The Morgan fingerprint density at radius 2 is 0.833 bits per heavy atom. The van der Waals surface area contributed by atoms with E-state index in [1.807, 2.05) is 36.4 Å². The topological polar surface area (TPSA) is 216 Å². The summed E-state index contributed by atoms with van der Waals surface area (Å²) >= 11 is 0. The zero-order chi connectivity index (χ0) is 21.4. The van der Waals surface area contributed by atoms with Crippen LogP contribution in [-0.2, 0) is 0 Å². The van der Waals surface area contributed by atoms with Gasteiger partial charge >= 0.3 is 0 Å². The van der Waals surface area contributed by atoms with Crippen LogP contribution in [0, 0.1) is 68.0 Å². The van der Waals surface area contributed by atoms with E-state index in [-0.39, 0.29) is 51.3 Å². The Balaban J connectivity index is 2.11. The van der Waals surface area contributed by atoms with Crippen LogP contribution in [0.1, 0.15) is 0 Å². The van der Waals surface area contributed by atoms with Crippen molar-refractivity contribution in [3.05, 3.63) is 0 Å². The molecule has 1 aromatic carbocycles. The first-order valence-electron chi connectivity index (χ1n) is 8.28. The summed E-state index contributed by atoms with van der Waals surface area (Å²) in [6, 6.07) is 8.13. The van der Waals surface area contributed by atoms with Crippen molar-refractivity contribution in [2.24, 2.45) is 15.0 Å². The zero-order valence-electron chi connectivity index (χ0n) is 14.8. The summed E-state index contributed by atoms with van der Waals surface area (Å²) in [6.45, 7) is 0. The Morgan fingerprint density at radius 1 is 0.500 bits per heavy atom. The molecular weight excluding hydrogens is 384 g/mol. The lowest BCUT2D eigenvalue weighted by atomic mass is 9.99. The van der Waals surface area contributed by atoms with Crippen molar-refractivity contribution in [3.63, 3.8) is 0 Å². The van der Waals surface area contributed by atoms with E-state index in [4.69, 9.17) is 0 Å². The Morgan fingerprint density at radius 3 is 1.23 bits per heavy atom. The molecule has 0 saturated carbocycles. The SMILES string of the molecule is N#CC1=Nc2c3c(c4c(c2NC1C#N)N=C(C#N)C(C#N)N4)NC(C#N)C(C#N)=N3. The summed E-state index contributed by atoms with van der Waals surface area (Å²) < 4.78 is 0. The van der Waals surface area contributed by atoms with E-state index < -0.39 is 18.1 Å². The van der Waals surface area contributed by atoms with Crippen LogP contribution in [0.2, 0.25) is 0 Å². The van der Waals surface area contributed by atoms with Gasteiger partial charge in [-0.25, -0.2) is 15.0 Å². The molecule has 30 heavy (non-hydrogen) atoms. The molecule has 3 aliphatic heterocycles. The first-order valence-corrected chi connectivity index (χ1v) is 8.28. The van der Waals surface area contributed by atoms with Crippen LogP contribution in [0.4, 0.5) is 34.1 Å². The summed E-state index contributed by atoms with van der Waals surface area (Å²) in [7, 11) is 0. The smallest absolute Gasteiger partial charge is 0.167 e. The quantitative estimate of drug-likeness (QED) is 0.582. The van der Waals surface area contributed by atoms with Gasteiger partial charge in [0.2, 0.25) is 0 Å². The number of hydrogen-bond acceptors (Lipinski definition) is 12. The van der Waals surface area contributed by atoms with E-state index in [9.17, 15) is 31.6 Å². The van der Waals surface area contributed by atoms with Crippen molar-refractivity contribution in [3.8, 4) is 36.4 Å². The molecule has 0 bridgehead atoms. The van der Waals surface area contributed by atoms with E-state index in [1.54, 1.807) is 0 Å². The summed E-state index contributed by atoms with van der Waals surface area (Å²) in [5, 5.41) is 64.8. The minimum atomic E-state index is -1.07. The monoisotopic (exact) mass is 390 g/mol. The van der Waals surface area contributed by atoms with Gasteiger partial charge in [0.1, 0.15) is 35.3 Å². The van der Waals surface area contributed by atoms with Crippen LogP contribution in [0.25, 0.3) is 0 Å². The first-order chi connectivity index (χ1) is 14.6. The first kappa shape index (κ1) is 18.0. The van der Waals surface area contributed by atoms with Gasteiger partial charge < -0.3 is 16.0 Å². The number of aliphatic imine (C=N–C) groups is 3. The van der Waals surface area contributed by atoms with Gasteiger partial charge in [-0.05, 0) is 0 Å². The van der Waals surface area contributed by atoms with E-state index in [2.05, 4.69) is 30.9 Å². The number of rotatable bonds is 0. The molecule has 0 aromatic heterocycles. The number of nitrogens with zero attached hydrogens (tertiary/aromatic N) is 9. The van der Waals surface area contributed by atoms with Gasteiger partial charge in [-0.1, -0.05) is 0 Å². The second kappa shape index (κ2) is 6.63. The van der Waals surface area contributed by atoms with Crippen molar-refractivity contribution in [2.75, 3.05) is 16.0 Å². The van der Waals surface area contributed by atoms with E-state index >= 15 is 0 Å². The Hall–Kier alpha value is -5.43. The summed E-state index contributed by atoms with van der Waals surface area (Å²) in [5.41, 5.74) is 0.820. The maximum absolute atomic E-state index is 9.38. The number of anilines is 3. The average Bonchev–Trinajstić information content (AvgIpc) is 2.81. The summed E-state index contributed by atoms with van der Waals surface area (Å²) in [5.74, 6) is 0. The van der Waals surface area contributed by atoms with Crippen molar-refractivity contribution >= 4 is 51.3 Å². The molecular formula is C18H6N12. The highest BCUT2D eigenvalue weighted by molar-refractivity contribution is 6.22. The average molecular weight is 390 g/mol. The van der Waals surface area contributed by atoms with Crippen molar-refractivity contribution in [1.82, 2.24) is 0 Å². The number of fused-ring (bicyclic) bond motifs is 6. The maximum atomic E-state index is 9.38. The molecule has 3 atom stereocenters. The normalized spacial score (nSPS) is 22.2. The van der Waals surface area contributed by atoms with Gasteiger partial charge in [0.25, 0.3) is 0 Å². The fraction of sp³-hybridized carbons (Fsp3) is 0.167. The second-order valence-corrected chi connectivity index (χ2v) is 6.12. The zero-order valence-corrected chi connectivity index (χ0v) is 14.8. The molecule has 12 nitrogen and oxygen atoms in total. The molecule has 3 N–H and O–H groups in total. The van der Waals surface area contributed by atoms with E-state index in [1.165, 1.54) is 0 Å². The molecule has 4 rings (SSSR count). The lowest BCUT2D eigenvalue weighted by Gasteiger charge is -2.32. The predicted octanol–water partition coefficient (Wildman–Crippen LogP) is 1.43. The van der Waals surface area contributed by atoms with Gasteiger partial charge in [-0.3, -0.25) is 0 Å². The fourth-order valence-corrected chi connectivity index (χ4v) is 3.20. The molecule has 3 unspecified atom stereocenters. The largest absolute Gasteiger partial charge is 0.361 e. The second-order valence-electron chi connectivity index (χ2n) is 6.12. The molecule has 0 fully saturated rings. The third kappa shape index (κ3) is 2.37. The molecule has 3 aliphatic rings. The minimum Gasteiger partial charge on any atom is -0.361 e. The third-order valence-electron chi connectivity index (χ3n) is 4.54. The van der Waals surface area contributed by atoms with Crippen LogP contribution in [-0.4, -0.2) is 35.3 Å². The fourth-order valence-electron chi connectivity index (χ4n) is 3.20. The number of benzene rings is 1. The molecule has 12 heteroatoms. The highest BCUT2D eigenvalue weighted by Crippen LogP contribution is 2.57. The highest BCUT2D eigenvalue weighted by atomic mass is 15.1. The Labute approximate surface area is 168 Å². The van der Waals surface area contributed by atoms with E-state index in [0.717, 1.165) is 0 Å². The van der Waals surface area contributed by atoms with Gasteiger partial charge in [0.15, 0.2) is 35.3 Å². The predicted molar refractivity (Wildman–Crippen MR) is 104 cm³/mol. The number of nitrogens with one attached hydrogen (secondary N) is 3. The third-order valence-corrected chi connectivity index (χ3v) is 4.54. The standard InChI is InChI=1S/C18H6N12/c19-1-7-8(2-20)26-14-13(25-7)15-17(29-10(4-22)9(3-21)27-15)18-16(14)28-11(5-23)12(6-24)30-18/h7,9,11,25,27-28H. The molecule has 0 amide bonds. The molecule has 3 heterocycles. The van der Waals surface area contributed by atoms with Gasteiger partial charge in [0, 0.05) is 0 Å². The van der Waals surface area contributed by atoms with Crippen molar-refractivity contribution < 1.29 is 0 Å². The maximum Gasteiger partial charge on any atom is 0.167 e. The van der Waals surface area contributed by atoms with Gasteiger partial charge in [-0.15, -0.1) is 0 Å². The lowest BCUT2D eigenvalue weighted by molar-refractivity contribution is 1.09. The summed E-state index contributed by atoms with van der Waals surface area (Å²) in [4.78, 5) is 12.7. The van der Waals surface area contributed by atoms with Crippen LogP contribution < -0.4 is 16.0 Å². The number of hydrogen-bond donors (Lipinski definition) is 3. The van der Waals surface area contributed by atoms with Crippen LogP contribution in [0.5, 0.6) is 0 Å². The van der Waals surface area contributed by atoms with Crippen LogP contribution >= 0.6 is 0 Å². The van der Waals surface area contributed by atoms with Crippen molar-refractivity contribution in [1.29, 1.82) is 31.6 Å².